The van der Waals surface area contributed by atoms with Gasteiger partial charge in [-0.1, -0.05) is 48.5 Å². The molecule has 0 spiro atoms. The summed E-state index contributed by atoms with van der Waals surface area (Å²) < 4.78 is 0. The number of carbonyl (C=O) groups excluding carboxylic acids is 1. The van der Waals surface area contributed by atoms with Crippen molar-refractivity contribution in [3.05, 3.63) is 65.5 Å². The van der Waals surface area contributed by atoms with Crippen molar-refractivity contribution in [3.63, 3.8) is 0 Å². The molecule has 5 nitrogen and oxygen atoms in total. The number of thiazole rings is 1. The molecule has 24 heavy (non-hydrogen) atoms. The number of rotatable bonds is 5. The highest BCUT2D eigenvalue weighted by Crippen LogP contribution is 2.24. The minimum atomic E-state index is -0.115. The maximum Gasteiger partial charge on any atom is 0.221 e. The van der Waals surface area contributed by atoms with E-state index in [2.05, 4.69) is 20.8 Å². The van der Waals surface area contributed by atoms with E-state index in [1.807, 2.05) is 60.0 Å². The summed E-state index contributed by atoms with van der Waals surface area (Å²) >= 11 is 1.49. The first-order valence-corrected chi connectivity index (χ1v) is 8.27. The molecule has 1 heterocycles. The fourth-order valence-electron chi connectivity index (χ4n) is 2.14. The highest BCUT2D eigenvalue weighted by atomic mass is 32.1. The number of amides is 1. The van der Waals surface area contributed by atoms with Crippen molar-refractivity contribution in [2.45, 2.75) is 6.92 Å². The van der Waals surface area contributed by atoms with E-state index < -0.39 is 0 Å². The van der Waals surface area contributed by atoms with E-state index in [1.165, 1.54) is 18.3 Å². The first kappa shape index (κ1) is 15.9. The molecule has 0 unspecified atom stereocenters. The number of nitrogens with zero attached hydrogens (tertiary/aromatic N) is 2. The zero-order chi connectivity index (χ0) is 16.8. The van der Waals surface area contributed by atoms with Crippen molar-refractivity contribution in [1.29, 1.82) is 0 Å². The van der Waals surface area contributed by atoms with E-state index in [0.29, 0.717) is 5.13 Å². The van der Waals surface area contributed by atoms with Crippen molar-refractivity contribution >= 4 is 34.3 Å². The molecule has 0 fully saturated rings. The molecule has 0 aliphatic rings. The maximum atomic E-state index is 11.2. The molecule has 3 aromatic rings. The molecule has 1 amide bonds. The molecule has 2 N–H and O–H groups in total. The number of hydrazone groups is 1. The van der Waals surface area contributed by atoms with Crippen LogP contribution in [0.4, 0.5) is 10.8 Å². The number of carbonyl (C=O) groups is 1. The van der Waals surface area contributed by atoms with Gasteiger partial charge in [0.05, 0.1) is 11.9 Å². The predicted octanol–water partition coefficient (Wildman–Crippen LogP) is 4.21. The van der Waals surface area contributed by atoms with Crippen LogP contribution in [0.3, 0.4) is 0 Å². The molecule has 0 aliphatic carbocycles. The minimum absolute atomic E-state index is 0.115. The summed E-state index contributed by atoms with van der Waals surface area (Å²) in [5.74, 6) is -0.115. The van der Waals surface area contributed by atoms with Gasteiger partial charge in [-0.15, -0.1) is 11.3 Å². The van der Waals surface area contributed by atoms with Gasteiger partial charge in [0, 0.05) is 29.1 Å². The molecule has 0 saturated carbocycles. The van der Waals surface area contributed by atoms with Crippen molar-refractivity contribution in [3.8, 4) is 11.3 Å². The van der Waals surface area contributed by atoms with Gasteiger partial charge < -0.3 is 5.32 Å². The van der Waals surface area contributed by atoms with E-state index >= 15 is 0 Å². The predicted molar refractivity (Wildman–Crippen MR) is 99.5 cm³/mol. The lowest BCUT2D eigenvalue weighted by atomic mass is 10.2. The van der Waals surface area contributed by atoms with Crippen LogP contribution in [0, 0.1) is 0 Å². The van der Waals surface area contributed by atoms with E-state index in [1.54, 1.807) is 6.21 Å². The van der Waals surface area contributed by atoms with Gasteiger partial charge in [-0.05, 0) is 6.07 Å². The summed E-state index contributed by atoms with van der Waals surface area (Å²) in [4.78, 5) is 15.7. The Morgan fingerprint density at radius 3 is 2.67 bits per heavy atom. The molecular formula is C18H16N4OS. The third kappa shape index (κ3) is 4.05. The van der Waals surface area contributed by atoms with Crippen LogP contribution in [0.25, 0.3) is 11.3 Å². The number of nitrogens with one attached hydrogen (secondary N) is 2. The van der Waals surface area contributed by atoms with Crippen LogP contribution in [0.2, 0.25) is 0 Å². The number of anilines is 2. The van der Waals surface area contributed by atoms with E-state index in [0.717, 1.165) is 22.5 Å². The Morgan fingerprint density at radius 2 is 1.88 bits per heavy atom. The van der Waals surface area contributed by atoms with Crippen molar-refractivity contribution in [1.82, 2.24) is 4.98 Å². The van der Waals surface area contributed by atoms with E-state index in [4.69, 9.17) is 0 Å². The molecule has 0 saturated heterocycles. The Bertz CT molecular complexity index is 858. The van der Waals surface area contributed by atoms with Crippen LogP contribution in [0.5, 0.6) is 0 Å². The average molecular weight is 336 g/mol. The molecule has 0 radical (unpaired) electrons. The lowest BCUT2D eigenvalue weighted by molar-refractivity contribution is -0.114. The van der Waals surface area contributed by atoms with Crippen molar-refractivity contribution in [2.24, 2.45) is 5.10 Å². The quantitative estimate of drug-likeness (QED) is 0.542. The van der Waals surface area contributed by atoms with Gasteiger partial charge in [0.2, 0.25) is 11.0 Å². The topological polar surface area (TPSA) is 66.4 Å². The molecule has 0 atom stereocenters. The summed E-state index contributed by atoms with van der Waals surface area (Å²) in [6, 6.07) is 17.5. The molecule has 3 rings (SSSR count). The smallest absolute Gasteiger partial charge is 0.221 e. The number of benzene rings is 2. The first-order chi connectivity index (χ1) is 11.7. The maximum absolute atomic E-state index is 11.2. The van der Waals surface area contributed by atoms with Crippen molar-refractivity contribution in [2.75, 3.05) is 10.7 Å². The Hall–Kier alpha value is -2.99. The van der Waals surface area contributed by atoms with Gasteiger partial charge in [-0.2, -0.15) is 5.10 Å². The van der Waals surface area contributed by atoms with Gasteiger partial charge in [0.1, 0.15) is 0 Å². The van der Waals surface area contributed by atoms with Crippen LogP contribution < -0.4 is 10.7 Å². The molecule has 0 aliphatic heterocycles. The first-order valence-electron chi connectivity index (χ1n) is 7.39. The van der Waals surface area contributed by atoms with Crippen LogP contribution >= 0.6 is 11.3 Å². The average Bonchev–Trinajstić information content (AvgIpc) is 3.06. The van der Waals surface area contributed by atoms with E-state index in [-0.39, 0.29) is 5.91 Å². The van der Waals surface area contributed by atoms with Crippen LogP contribution in [0.15, 0.2) is 65.1 Å². The van der Waals surface area contributed by atoms with Crippen LogP contribution in [-0.4, -0.2) is 17.1 Å². The molecule has 1 aromatic heterocycles. The fraction of sp³-hybridized carbons (Fsp3) is 0.0556. The lowest BCUT2D eigenvalue weighted by Gasteiger charge is -2.05. The van der Waals surface area contributed by atoms with Gasteiger partial charge in [-0.25, -0.2) is 4.98 Å². The Labute approximate surface area is 144 Å². The Balaban J connectivity index is 1.69. The normalized spacial score (nSPS) is 10.7. The van der Waals surface area contributed by atoms with Gasteiger partial charge in [0.15, 0.2) is 0 Å². The standard InChI is InChI=1S/C18H16N4OS/c1-13(23)20-16-10-6-5-9-15(16)11-19-22-18-21-17(12-24-18)14-7-3-2-4-8-14/h2-12H,1H3,(H,20,23)(H,21,22). The van der Waals surface area contributed by atoms with Crippen LogP contribution in [0.1, 0.15) is 12.5 Å². The van der Waals surface area contributed by atoms with Gasteiger partial charge in [0.25, 0.3) is 0 Å². The third-order valence-electron chi connectivity index (χ3n) is 3.21. The van der Waals surface area contributed by atoms with E-state index in [9.17, 15) is 4.79 Å². The fourth-order valence-corrected chi connectivity index (χ4v) is 2.81. The summed E-state index contributed by atoms with van der Waals surface area (Å²) in [6.45, 7) is 1.48. The number of hydrogen-bond acceptors (Lipinski definition) is 5. The van der Waals surface area contributed by atoms with Gasteiger partial charge >= 0.3 is 0 Å². The highest BCUT2D eigenvalue weighted by molar-refractivity contribution is 7.14. The zero-order valence-corrected chi connectivity index (χ0v) is 13.9. The Morgan fingerprint density at radius 1 is 1.12 bits per heavy atom. The van der Waals surface area contributed by atoms with Gasteiger partial charge in [-0.3, -0.25) is 10.2 Å². The largest absolute Gasteiger partial charge is 0.326 e. The second-order valence-corrected chi connectivity index (χ2v) is 5.90. The number of para-hydroxylation sites is 1. The molecule has 6 heteroatoms. The zero-order valence-electron chi connectivity index (χ0n) is 13.1. The molecular weight excluding hydrogens is 320 g/mol. The minimum Gasteiger partial charge on any atom is -0.326 e. The van der Waals surface area contributed by atoms with Crippen molar-refractivity contribution < 1.29 is 4.79 Å². The molecule has 2 aromatic carbocycles. The molecule has 0 bridgehead atoms. The third-order valence-corrected chi connectivity index (χ3v) is 3.96. The summed E-state index contributed by atoms with van der Waals surface area (Å²) in [7, 11) is 0. The SMILES string of the molecule is CC(=O)Nc1ccccc1C=NNc1nc(-c2ccccc2)cs1. The monoisotopic (exact) mass is 336 g/mol. The summed E-state index contributed by atoms with van der Waals surface area (Å²) in [5.41, 5.74) is 6.45. The highest BCUT2D eigenvalue weighted by Gasteiger charge is 2.03. The molecule has 120 valence electrons. The Kier molecular flexibility index (Phi) is 4.98. The second-order valence-electron chi connectivity index (χ2n) is 5.04. The van der Waals surface area contributed by atoms with Crippen LogP contribution in [-0.2, 0) is 4.79 Å². The number of hydrogen-bond donors (Lipinski definition) is 2. The summed E-state index contributed by atoms with van der Waals surface area (Å²) in [6.07, 6.45) is 1.66. The lowest BCUT2D eigenvalue weighted by Crippen LogP contribution is -2.08. The second kappa shape index (κ2) is 7.52. The number of aromatic nitrogens is 1. The summed E-state index contributed by atoms with van der Waals surface area (Å²) in [5, 5.41) is 9.68.